The Morgan fingerprint density at radius 1 is 1.26 bits per heavy atom. The topological polar surface area (TPSA) is 37.8 Å². The van der Waals surface area contributed by atoms with Crippen LogP contribution >= 0.6 is 11.8 Å². The third-order valence-corrected chi connectivity index (χ3v) is 5.98. The minimum absolute atomic E-state index is 0.359. The molecule has 2 aromatic heterocycles. The summed E-state index contributed by atoms with van der Waals surface area (Å²) in [4.78, 5) is 10.5. The molecule has 144 valence electrons. The van der Waals surface area contributed by atoms with Crippen LogP contribution in [0.3, 0.4) is 0 Å². The number of nitrogens with zero attached hydrogens (tertiary/aromatic N) is 2. The summed E-state index contributed by atoms with van der Waals surface area (Å²) in [6.07, 6.45) is 12.1. The Kier molecular flexibility index (Phi) is 8.19. The lowest BCUT2D eigenvalue weighted by Gasteiger charge is -2.22. The predicted octanol–water partition coefficient (Wildman–Crippen LogP) is 6.11. The molecule has 0 aliphatic carbocycles. The van der Waals surface area contributed by atoms with E-state index in [0.29, 0.717) is 12.0 Å². The van der Waals surface area contributed by atoms with Gasteiger partial charge in [0.15, 0.2) is 0 Å². The van der Waals surface area contributed by atoms with E-state index in [4.69, 9.17) is 11.4 Å². The maximum Gasteiger partial charge on any atom is 0.130 e. The summed E-state index contributed by atoms with van der Waals surface area (Å²) in [7, 11) is 0. The lowest BCUT2D eigenvalue weighted by Crippen LogP contribution is -2.24. The van der Waals surface area contributed by atoms with Gasteiger partial charge in [-0.2, -0.15) is 0 Å². The number of hydrogen-bond acceptors (Lipinski definition) is 4. The highest BCUT2D eigenvalue weighted by Gasteiger charge is 2.15. The zero-order valence-electron chi connectivity index (χ0n) is 17.2. The van der Waals surface area contributed by atoms with Crippen molar-refractivity contribution in [2.75, 3.05) is 5.32 Å². The molecular weight excluding hydrogens is 350 g/mol. The van der Waals surface area contributed by atoms with E-state index in [1.54, 1.807) is 11.8 Å². The quantitative estimate of drug-likeness (QED) is 0.532. The Morgan fingerprint density at radius 2 is 2.04 bits per heavy atom. The molecular formula is C23H31N3S. The molecule has 0 aliphatic rings. The number of aromatic nitrogens is 2. The highest BCUT2D eigenvalue weighted by Crippen LogP contribution is 2.32. The second-order valence-electron chi connectivity index (χ2n) is 7.16. The van der Waals surface area contributed by atoms with Gasteiger partial charge in [-0.1, -0.05) is 51.3 Å². The normalized spacial score (nSPS) is 13.0. The lowest BCUT2D eigenvalue weighted by atomic mass is 10.0. The second-order valence-corrected chi connectivity index (χ2v) is 8.22. The van der Waals surface area contributed by atoms with Crippen molar-refractivity contribution in [3.05, 3.63) is 41.2 Å². The maximum atomic E-state index is 5.75. The first-order valence-electron chi connectivity index (χ1n) is 9.86. The second kappa shape index (κ2) is 10.4. The monoisotopic (exact) mass is 381 g/mol. The van der Waals surface area contributed by atoms with Crippen molar-refractivity contribution < 1.29 is 0 Å². The molecule has 0 fully saturated rings. The fourth-order valence-electron chi connectivity index (χ4n) is 2.76. The van der Waals surface area contributed by atoms with E-state index in [0.717, 1.165) is 51.8 Å². The summed E-state index contributed by atoms with van der Waals surface area (Å²) in [5.41, 5.74) is 3.05. The molecule has 2 rings (SSSR count). The zero-order chi connectivity index (χ0) is 19.8. The molecule has 0 amide bonds. The molecule has 0 saturated carbocycles. The Balaban J connectivity index is 2.27. The SMILES string of the molecule is C#Cc1cc(C)c(NC(C)[C@@H](C)CC)nc1Sc1ccnc(CCCC)c1. The number of pyridine rings is 2. The smallest absolute Gasteiger partial charge is 0.130 e. The van der Waals surface area contributed by atoms with Crippen LogP contribution in [0.2, 0.25) is 0 Å². The van der Waals surface area contributed by atoms with Crippen LogP contribution < -0.4 is 5.32 Å². The highest BCUT2D eigenvalue weighted by atomic mass is 32.2. The molecule has 2 heterocycles. The van der Waals surface area contributed by atoms with Crippen LogP contribution in [0, 0.1) is 25.2 Å². The average Bonchev–Trinajstić information content (AvgIpc) is 2.68. The van der Waals surface area contributed by atoms with Crippen LogP contribution in [0.4, 0.5) is 5.82 Å². The van der Waals surface area contributed by atoms with Gasteiger partial charge in [0.25, 0.3) is 0 Å². The van der Waals surface area contributed by atoms with E-state index < -0.39 is 0 Å². The van der Waals surface area contributed by atoms with Crippen molar-refractivity contribution in [1.82, 2.24) is 9.97 Å². The van der Waals surface area contributed by atoms with Gasteiger partial charge in [-0.3, -0.25) is 4.98 Å². The summed E-state index contributed by atoms with van der Waals surface area (Å²) >= 11 is 1.62. The summed E-state index contributed by atoms with van der Waals surface area (Å²) in [5, 5.41) is 4.44. The lowest BCUT2D eigenvalue weighted by molar-refractivity contribution is 0.493. The molecule has 4 heteroatoms. The molecule has 1 N–H and O–H groups in total. The Morgan fingerprint density at radius 3 is 2.70 bits per heavy atom. The Hall–Kier alpha value is -1.99. The van der Waals surface area contributed by atoms with Crippen molar-refractivity contribution in [3.63, 3.8) is 0 Å². The van der Waals surface area contributed by atoms with Crippen LogP contribution in [0.25, 0.3) is 0 Å². The Labute approximate surface area is 168 Å². The molecule has 0 spiro atoms. The van der Waals surface area contributed by atoms with Crippen LogP contribution in [-0.2, 0) is 6.42 Å². The molecule has 2 aromatic rings. The Bertz CT molecular complexity index is 795. The standard InChI is InChI=1S/C23H31N3S/c1-7-10-11-20-15-21(12-13-24-20)27-23-19(9-3)14-17(5)22(26-23)25-18(6)16(4)8-2/h3,12-16,18H,7-8,10-11H2,1-2,4-6H3,(H,25,26)/t16-,18?/m0/s1. The minimum Gasteiger partial charge on any atom is -0.367 e. The zero-order valence-corrected chi connectivity index (χ0v) is 18.0. The van der Waals surface area contributed by atoms with Gasteiger partial charge in [-0.15, -0.1) is 6.42 Å². The van der Waals surface area contributed by atoms with Gasteiger partial charge in [-0.25, -0.2) is 4.98 Å². The minimum atomic E-state index is 0.359. The van der Waals surface area contributed by atoms with E-state index >= 15 is 0 Å². The first kappa shape index (κ1) is 21.3. The number of anilines is 1. The van der Waals surface area contributed by atoms with Crippen molar-refractivity contribution in [2.45, 2.75) is 76.3 Å². The van der Waals surface area contributed by atoms with Crippen LogP contribution in [0.1, 0.15) is 63.8 Å². The molecule has 1 unspecified atom stereocenters. The third kappa shape index (κ3) is 6.01. The number of unbranched alkanes of at least 4 members (excludes halogenated alkanes) is 1. The average molecular weight is 382 g/mol. The number of rotatable bonds is 9. The van der Waals surface area contributed by atoms with Gasteiger partial charge in [0, 0.05) is 22.8 Å². The number of terminal acetylenes is 1. The van der Waals surface area contributed by atoms with Crippen LogP contribution in [-0.4, -0.2) is 16.0 Å². The van der Waals surface area contributed by atoms with Gasteiger partial charge in [0.05, 0.1) is 5.56 Å². The van der Waals surface area contributed by atoms with Gasteiger partial charge in [-0.05, 0) is 56.4 Å². The van der Waals surface area contributed by atoms with Gasteiger partial charge in [0.1, 0.15) is 10.8 Å². The fourth-order valence-corrected chi connectivity index (χ4v) is 3.67. The van der Waals surface area contributed by atoms with Crippen molar-refractivity contribution >= 4 is 17.6 Å². The number of nitrogens with one attached hydrogen (secondary N) is 1. The molecule has 0 aromatic carbocycles. The van der Waals surface area contributed by atoms with E-state index in [1.165, 1.54) is 6.42 Å². The van der Waals surface area contributed by atoms with E-state index in [-0.39, 0.29) is 0 Å². The summed E-state index contributed by atoms with van der Waals surface area (Å²) < 4.78 is 0. The summed E-state index contributed by atoms with van der Waals surface area (Å²) in [6, 6.07) is 6.59. The van der Waals surface area contributed by atoms with Crippen molar-refractivity contribution in [2.24, 2.45) is 5.92 Å². The molecule has 3 nitrogen and oxygen atoms in total. The van der Waals surface area contributed by atoms with Crippen molar-refractivity contribution in [1.29, 1.82) is 0 Å². The summed E-state index contributed by atoms with van der Waals surface area (Å²) in [5.74, 6) is 4.29. The largest absolute Gasteiger partial charge is 0.367 e. The molecule has 0 saturated heterocycles. The highest BCUT2D eigenvalue weighted by molar-refractivity contribution is 7.99. The molecule has 2 atom stereocenters. The summed E-state index contributed by atoms with van der Waals surface area (Å²) in [6.45, 7) is 10.9. The molecule has 0 aliphatic heterocycles. The molecule has 0 radical (unpaired) electrons. The van der Waals surface area contributed by atoms with E-state index in [1.807, 2.05) is 12.3 Å². The number of aryl methyl sites for hydroxylation is 2. The third-order valence-electron chi connectivity index (χ3n) is 4.98. The first-order chi connectivity index (χ1) is 13.0. The van der Waals surface area contributed by atoms with E-state index in [2.05, 4.69) is 63.0 Å². The number of hydrogen-bond donors (Lipinski definition) is 1. The molecule has 0 bridgehead atoms. The maximum absolute atomic E-state index is 5.75. The first-order valence-corrected chi connectivity index (χ1v) is 10.7. The van der Waals surface area contributed by atoms with Crippen LogP contribution in [0.5, 0.6) is 0 Å². The van der Waals surface area contributed by atoms with E-state index in [9.17, 15) is 0 Å². The predicted molar refractivity (Wildman–Crippen MR) is 116 cm³/mol. The van der Waals surface area contributed by atoms with Gasteiger partial charge in [0.2, 0.25) is 0 Å². The fraction of sp³-hybridized carbons (Fsp3) is 0.478. The van der Waals surface area contributed by atoms with Crippen molar-refractivity contribution in [3.8, 4) is 12.3 Å². The molecule has 27 heavy (non-hydrogen) atoms. The van der Waals surface area contributed by atoms with Gasteiger partial charge < -0.3 is 5.32 Å². The van der Waals surface area contributed by atoms with Gasteiger partial charge >= 0.3 is 0 Å². The van der Waals surface area contributed by atoms with Crippen LogP contribution in [0.15, 0.2) is 34.3 Å².